The van der Waals surface area contributed by atoms with Crippen molar-refractivity contribution in [2.75, 3.05) is 0 Å². The molecule has 2 aromatic carbocycles. The first-order valence-corrected chi connectivity index (χ1v) is 14.3. The fourth-order valence-electron chi connectivity index (χ4n) is 7.48. The number of rotatable bonds is 2. The summed E-state index contributed by atoms with van der Waals surface area (Å²) < 4.78 is 0.582. The summed E-state index contributed by atoms with van der Waals surface area (Å²) in [6.45, 7) is 2.07. The van der Waals surface area contributed by atoms with Gasteiger partial charge in [0.05, 0.1) is 27.8 Å². The minimum Gasteiger partial charge on any atom is -0.237 e. The largest absolute Gasteiger partial charge is 0.237 e. The van der Waals surface area contributed by atoms with Gasteiger partial charge in [0.2, 0.25) is 0 Å². The number of aryl methyl sites for hydroxylation is 1. The maximum atomic E-state index is 7.34. The zero-order valence-corrected chi connectivity index (χ0v) is 23.6. The predicted molar refractivity (Wildman–Crippen MR) is 147 cm³/mol. The summed E-state index contributed by atoms with van der Waals surface area (Å²) in [7, 11) is 0. The van der Waals surface area contributed by atoms with Crippen LogP contribution < -0.4 is 0 Å². The molecule has 2 nitrogen and oxygen atoms in total. The molecule has 0 saturated heterocycles. The molecule has 0 radical (unpaired) electrons. The summed E-state index contributed by atoms with van der Waals surface area (Å²) >= 11 is 48.6. The Labute approximate surface area is 238 Å². The summed E-state index contributed by atoms with van der Waals surface area (Å²) in [5.41, 5.74) is 6.39. The van der Waals surface area contributed by atoms with Crippen molar-refractivity contribution in [3.05, 3.63) is 70.4 Å². The van der Waals surface area contributed by atoms with Gasteiger partial charge in [-0.25, -0.2) is 4.68 Å². The zero-order valence-electron chi connectivity index (χ0n) is 18.3. The molecule has 0 N–H and O–H groups in total. The highest BCUT2D eigenvalue weighted by molar-refractivity contribution is 6.62. The van der Waals surface area contributed by atoms with Crippen molar-refractivity contribution in [1.82, 2.24) is 9.78 Å². The molecule has 182 valence electrons. The first-order chi connectivity index (χ1) is 16.5. The molecule has 0 amide bonds. The van der Waals surface area contributed by atoms with Crippen molar-refractivity contribution < 1.29 is 0 Å². The van der Waals surface area contributed by atoms with E-state index in [2.05, 4.69) is 35.9 Å². The number of hydrogen-bond donors (Lipinski definition) is 0. The van der Waals surface area contributed by atoms with Crippen LogP contribution >= 0.6 is 81.2 Å². The van der Waals surface area contributed by atoms with Gasteiger partial charge in [-0.15, -0.1) is 46.4 Å². The molecule has 3 aromatic rings. The van der Waals surface area contributed by atoms with Crippen LogP contribution in [-0.2, 0) is 0 Å². The summed E-state index contributed by atoms with van der Waals surface area (Å²) in [5.74, 6) is -0.125. The lowest BCUT2D eigenvalue weighted by molar-refractivity contribution is 0.248. The highest BCUT2D eigenvalue weighted by Gasteiger charge is 2.89. The number of aromatic nitrogens is 2. The summed E-state index contributed by atoms with van der Waals surface area (Å²) in [6.07, 6.45) is 0.884. The lowest BCUT2D eigenvalue weighted by Gasteiger charge is -2.44. The number of halogens is 7. The van der Waals surface area contributed by atoms with E-state index in [9.17, 15) is 0 Å². The molecule has 5 unspecified atom stereocenters. The Morgan fingerprint density at radius 1 is 0.829 bits per heavy atom. The molecule has 1 heterocycles. The molecule has 7 rings (SSSR count). The van der Waals surface area contributed by atoms with E-state index in [1.54, 1.807) is 0 Å². The number of nitrogens with zero attached hydrogens (tertiary/aromatic N) is 2. The highest BCUT2D eigenvalue weighted by Crippen LogP contribution is 2.84. The van der Waals surface area contributed by atoms with Crippen LogP contribution in [0.5, 0.6) is 0 Å². The Hall–Kier alpha value is -0.320. The SMILES string of the molecule is Cc1ccc(-n2nc(-c3ccc(Cl)cc3)c3c2[C@@H]2C[C@H]3C3C2C2(Cl)C(Cl)C(Cl)[C@]3(Cl)C2(Cl)Cl)cc1. The molecule has 4 aliphatic carbocycles. The first-order valence-electron chi connectivity index (χ1n) is 11.5. The summed E-state index contributed by atoms with van der Waals surface area (Å²) in [4.78, 5) is -2.31. The van der Waals surface area contributed by atoms with Gasteiger partial charge >= 0.3 is 0 Å². The van der Waals surface area contributed by atoms with Crippen LogP contribution in [0.15, 0.2) is 48.5 Å². The van der Waals surface area contributed by atoms with Gasteiger partial charge in [0.25, 0.3) is 0 Å². The predicted octanol–water partition coefficient (Wildman–Crippen LogP) is 8.69. The van der Waals surface area contributed by atoms with Crippen molar-refractivity contribution in [2.45, 2.75) is 50.0 Å². The van der Waals surface area contributed by atoms with Crippen LogP contribution in [0, 0.1) is 18.8 Å². The topological polar surface area (TPSA) is 17.8 Å². The molecule has 1 aromatic heterocycles. The van der Waals surface area contributed by atoms with Crippen LogP contribution in [0.3, 0.4) is 0 Å². The lowest BCUT2D eigenvalue weighted by atomic mass is 9.69. The molecule has 0 aliphatic heterocycles. The van der Waals surface area contributed by atoms with Crippen LogP contribution in [0.4, 0.5) is 0 Å². The molecular formula is C26H19Cl7N2. The fraction of sp³-hybridized carbons (Fsp3) is 0.423. The van der Waals surface area contributed by atoms with E-state index in [1.165, 1.54) is 11.1 Å². The molecule has 9 heteroatoms. The molecule has 3 saturated carbocycles. The number of fused-ring (bicyclic) bond motifs is 12. The summed E-state index contributed by atoms with van der Waals surface area (Å²) in [5, 5.41) is 4.50. The molecular weight excluding hydrogens is 588 g/mol. The van der Waals surface area contributed by atoms with E-state index in [1.807, 2.05) is 24.3 Å². The van der Waals surface area contributed by atoms with Crippen LogP contribution in [0.1, 0.15) is 35.1 Å². The van der Waals surface area contributed by atoms with Crippen molar-refractivity contribution in [3.63, 3.8) is 0 Å². The first kappa shape index (κ1) is 23.8. The van der Waals surface area contributed by atoms with Crippen molar-refractivity contribution in [2.24, 2.45) is 11.8 Å². The Morgan fingerprint density at radius 2 is 1.40 bits per heavy atom. The van der Waals surface area contributed by atoms with E-state index in [-0.39, 0.29) is 23.7 Å². The standard InChI is InChI=1S/C26H19Cl7N2/c1-11-2-8-14(9-3-11)35-21-16-10-15(17(21)20(34-35)12-4-6-13(27)7-5-12)18-19(16)25(31)23(29)22(28)24(18,30)26(25,32)33/h2-9,15-16,18-19,22-23H,10H2,1H3/t15-,16-,18?,19?,22?,23?,24+,25?/m1/s1. The van der Waals surface area contributed by atoms with E-state index >= 15 is 0 Å². The quantitative estimate of drug-likeness (QED) is 0.211. The number of benzene rings is 2. The van der Waals surface area contributed by atoms with E-state index in [0.29, 0.717) is 5.02 Å². The van der Waals surface area contributed by atoms with Gasteiger partial charge in [0, 0.05) is 22.1 Å². The maximum Gasteiger partial charge on any atom is 0.159 e. The highest BCUT2D eigenvalue weighted by atomic mass is 35.5. The van der Waals surface area contributed by atoms with E-state index in [0.717, 1.165) is 29.1 Å². The van der Waals surface area contributed by atoms with Crippen molar-refractivity contribution in [3.8, 4) is 16.9 Å². The van der Waals surface area contributed by atoms with Gasteiger partial charge in [-0.2, -0.15) is 5.10 Å². The van der Waals surface area contributed by atoms with Crippen LogP contribution in [0.2, 0.25) is 5.02 Å². The third-order valence-corrected chi connectivity index (χ3v) is 13.8. The van der Waals surface area contributed by atoms with Crippen LogP contribution in [-0.4, -0.2) is 34.6 Å². The molecule has 3 fully saturated rings. The third kappa shape index (κ3) is 2.62. The monoisotopic (exact) mass is 604 g/mol. The second-order valence-electron chi connectivity index (χ2n) is 10.3. The second-order valence-corrected chi connectivity index (χ2v) is 14.3. The smallest absolute Gasteiger partial charge is 0.159 e. The average Bonchev–Trinajstić information content (AvgIpc) is 3.56. The minimum atomic E-state index is -1.47. The summed E-state index contributed by atoms with van der Waals surface area (Å²) in [6, 6.07) is 16.1. The van der Waals surface area contributed by atoms with Gasteiger partial charge in [-0.1, -0.05) is 64.6 Å². The van der Waals surface area contributed by atoms with Crippen molar-refractivity contribution >= 4 is 81.2 Å². The Bertz CT molecular complexity index is 1270. The molecule has 35 heavy (non-hydrogen) atoms. The second kappa shape index (κ2) is 7.41. The zero-order chi connectivity index (χ0) is 24.7. The van der Waals surface area contributed by atoms with Crippen LogP contribution in [0.25, 0.3) is 16.9 Å². The normalized spacial score (nSPS) is 39.8. The molecule has 0 spiro atoms. The van der Waals surface area contributed by atoms with Gasteiger partial charge < -0.3 is 0 Å². The Kier molecular flexibility index (Phi) is 5.03. The Balaban J connectivity index is 1.48. The molecule has 8 atom stereocenters. The van der Waals surface area contributed by atoms with Gasteiger partial charge in [-0.05, 0) is 55.4 Å². The number of alkyl halides is 6. The minimum absolute atomic E-state index is 0.0512. The Morgan fingerprint density at radius 3 is 2.00 bits per heavy atom. The average molecular weight is 608 g/mol. The molecule has 4 bridgehead atoms. The van der Waals surface area contributed by atoms with E-state index in [4.69, 9.17) is 86.3 Å². The van der Waals surface area contributed by atoms with Gasteiger partial charge in [0.1, 0.15) is 9.75 Å². The maximum absolute atomic E-state index is 7.34. The van der Waals surface area contributed by atoms with Gasteiger partial charge in [-0.3, -0.25) is 0 Å². The van der Waals surface area contributed by atoms with Gasteiger partial charge in [0.15, 0.2) is 4.33 Å². The lowest BCUT2D eigenvalue weighted by Crippen LogP contribution is -2.51. The van der Waals surface area contributed by atoms with E-state index < -0.39 is 24.8 Å². The fourth-order valence-corrected chi connectivity index (χ4v) is 11.1. The van der Waals surface area contributed by atoms with Crippen molar-refractivity contribution in [1.29, 1.82) is 0 Å². The molecule has 4 aliphatic rings. The number of hydrogen-bond acceptors (Lipinski definition) is 1. The third-order valence-electron chi connectivity index (χ3n) is 8.83.